The van der Waals surface area contributed by atoms with Gasteiger partial charge in [-0.3, -0.25) is 4.79 Å². The first kappa shape index (κ1) is 21.1. The Morgan fingerprint density at radius 2 is 1.70 bits per heavy atom. The average Bonchev–Trinajstić information content (AvgIpc) is 2.85. The van der Waals surface area contributed by atoms with Crippen molar-refractivity contribution in [2.45, 2.75) is 31.5 Å². The fraction of sp³-hybridized carbons (Fsp3) is 0.259. The molecule has 1 aliphatic carbocycles. The van der Waals surface area contributed by atoms with Crippen LogP contribution in [0.1, 0.15) is 29.6 Å². The maximum atomic E-state index is 13.0. The van der Waals surface area contributed by atoms with Gasteiger partial charge in [0.15, 0.2) is 0 Å². The Morgan fingerprint density at radius 3 is 2.48 bits per heavy atom. The Bertz CT molecular complexity index is 1210. The first-order valence-corrected chi connectivity index (χ1v) is 11.0. The van der Waals surface area contributed by atoms with Gasteiger partial charge in [-0.25, -0.2) is 4.79 Å². The highest BCUT2D eigenvalue weighted by Crippen LogP contribution is 2.35. The molecule has 3 unspecified atom stereocenters. The zero-order valence-corrected chi connectivity index (χ0v) is 18.2. The highest BCUT2D eigenvalue weighted by molar-refractivity contribution is 5.97. The molecule has 5 rings (SSSR count). The summed E-state index contributed by atoms with van der Waals surface area (Å²) in [5.41, 5.74) is 0.463. The van der Waals surface area contributed by atoms with Crippen molar-refractivity contribution in [2.24, 2.45) is 5.92 Å². The summed E-state index contributed by atoms with van der Waals surface area (Å²) >= 11 is 0. The van der Waals surface area contributed by atoms with E-state index in [1.807, 2.05) is 42.5 Å². The van der Waals surface area contributed by atoms with Crippen LogP contribution in [0.3, 0.4) is 0 Å². The van der Waals surface area contributed by atoms with Crippen LogP contribution in [0.4, 0.5) is 0 Å². The van der Waals surface area contributed by atoms with Crippen LogP contribution in [0, 0.1) is 5.92 Å². The zero-order valence-electron chi connectivity index (χ0n) is 18.2. The number of hydrogen-bond donors (Lipinski definition) is 0. The van der Waals surface area contributed by atoms with Gasteiger partial charge in [0, 0.05) is 6.42 Å². The van der Waals surface area contributed by atoms with Crippen molar-refractivity contribution in [1.82, 2.24) is 0 Å². The third-order valence-corrected chi connectivity index (χ3v) is 6.22. The van der Waals surface area contributed by atoms with Gasteiger partial charge in [-0.05, 0) is 60.0 Å². The average molecular weight is 444 g/mol. The number of benzene rings is 3. The third-order valence-electron chi connectivity index (χ3n) is 6.22. The van der Waals surface area contributed by atoms with E-state index < -0.39 is 0 Å². The Morgan fingerprint density at radius 1 is 0.939 bits per heavy atom. The Balaban J connectivity index is 1.22. The predicted molar refractivity (Wildman–Crippen MR) is 122 cm³/mol. The monoisotopic (exact) mass is 444 g/mol. The highest BCUT2D eigenvalue weighted by atomic mass is 16.6. The van der Waals surface area contributed by atoms with Gasteiger partial charge in [0.05, 0.1) is 18.6 Å². The molecule has 3 aromatic rings. The number of hydrogen-bond acceptors (Lipinski definition) is 6. The summed E-state index contributed by atoms with van der Waals surface area (Å²) in [6, 6.07) is 20.5. The topological polar surface area (TPSA) is 71.1 Å². The maximum Gasteiger partial charge on any atom is 0.338 e. The third kappa shape index (κ3) is 4.42. The van der Waals surface area contributed by atoms with E-state index in [2.05, 4.69) is 0 Å². The quantitative estimate of drug-likeness (QED) is 0.512. The molecule has 6 nitrogen and oxygen atoms in total. The van der Waals surface area contributed by atoms with Gasteiger partial charge >= 0.3 is 5.97 Å². The molecule has 1 saturated carbocycles. The number of ketones is 1. The normalized spacial score (nSPS) is 22.0. The van der Waals surface area contributed by atoms with Crippen LogP contribution in [0.5, 0.6) is 11.5 Å². The van der Waals surface area contributed by atoms with Crippen LogP contribution in [0.25, 0.3) is 10.8 Å². The summed E-state index contributed by atoms with van der Waals surface area (Å²) < 4.78 is 22.5. The van der Waals surface area contributed by atoms with E-state index in [4.69, 9.17) is 18.9 Å². The molecule has 6 heteroatoms. The van der Waals surface area contributed by atoms with Crippen LogP contribution >= 0.6 is 0 Å². The summed E-state index contributed by atoms with van der Waals surface area (Å²) in [7, 11) is 1.57. The highest BCUT2D eigenvalue weighted by Gasteiger charge is 2.42. The summed E-state index contributed by atoms with van der Waals surface area (Å²) in [5, 5.41) is 2.14. The van der Waals surface area contributed by atoms with Crippen molar-refractivity contribution in [3.63, 3.8) is 0 Å². The molecular formula is C27H24O6. The van der Waals surface area contributed by atoms with E-state index in [-0.39, 0.29) is 35.6 Å². The van der Waals surface area contributed by atoms with Crippen molar-refractivity contribution < 1.29 is 28.5 Å². The molecule has 0 spiro atoms. The minimum atomic E-state index is -0.390. The van der Waals surface area contributed by atoms with E-state index in [9.17, 15) is 9.59 Å². The number of allylic oxidation sites excluding steroid dienone is 1. The summed E-state index contributed by atoms with van der Waals surface area (Å²) in [6.45, 7) is 0. The number of fused-ring (bicyclic) bond motifs is 2. The van der Waals surface area contributed by atoms with Gasteiger partial charge in [-0.1, -0.05) is 30.3 Å². The van der Waals surface area contributed by atoms with E-state index in [0.717, 1.165) is 10.8 Å². The molecule has 2 aliphatic rings. The molecule has 0 N–H and O–H groups in total. The number of esters is 1. The van der Waals surface area contributed by atoms with E-state index in [1.54, 1.807) is 31.4 Å². The van der Waals surface area contributed by atoms with Gasteiger partial charge in [-0.2, -0.15) is 0 Å². The summed E-state index contributed by atoms with van der Waals surface area (Å²) in [5.74, 6) is 0.715. The Labute approximate surface area is 191 Å². The van der Waals surface area contributed by atoms with Gasteiger partial charge in [0.2, 0.25) is 11.5 Å². The fourth-order valence-electron chi connectivity index (χ4n) is 4.42. The first-order valence-electron chi connectivity index (χ1n) is 11.0. The van der Waals surface area contributed by atoms with Crippen molar-refractivity contribution in [1.29, 1.82) is 0 Å². The van der Waals surface area contributed by atoms with Crippen molar-refractivity contribution >= 4 is 22.5 Å². The number of rotatable bonds is 5. The second-order valence-electron chi connectivity index (χ2n) is 8.31. The van der Waals surface area contributed by atoms with Crippen LogP contribution < -0.4 is 9.47 Å². The molecule has 0 radical (unpaired) electrons. The standard InChI is InChI=1S/C27H24O6/c1-30-20-9-7-18(8-10-20)27(29)33-22-12-13-23-24(15-22)31-16-25(26(23)28)32-21-11-6-17-4-2-3-5-19(17)14-21/h2-11,14,16,22-24H,12-13,15H2,1H3. The van der Waals surface area contributed by atoms with Crippen LogP contribution in [-0.2, 0) is 14.3 Å². The molecule has 3 atom stereocenters. The van der Waals surface area contributed by atoms with Gasteiger partial charge in [0.1, 0.15) is 30.0 Å². The molecular weight excluding hydrogens is 420 g/mol. The van der Waals surface area contributed by atoms with E-state index >= 15 is 0 Å². The smallest absolute Gasteiger partial charge is 0.338 e. The molecule has 1 fully saturated rings. The zero-order chi connectivity index (χ0) is 22.8. The van der Waals surface area contributed by atoms with Crippen molar-refractivity contribution in [2.75, 3.05) is 7.11 Å². The maximum absolute atomic E-state index is 13.0. The molecule has 0 amide bonds. The first-order chi connectivity index (χ1) is 16.1. The number of carbonyl (C=O) groups excluding carboxylic acids is 2. The fourth-order valence-corrected chi connectivity index (χ4v) is 4.42. The second kappa shape index (κ2) is 8.98. The van der Waals surface area contributed by atoms with Gasteiger partial charge < -0.3 is 18.9 Å². The molecule has 1 aliphatic heterocycles. The van der Waals surface area contributed by atoms with Crippen molar-refractivity contribution in [3.05, 3.63) is 84.3 Å². The SMILES string of the molecule is COc1ccc(C(=O)OC2CCC3C(=O)C(Oc4ccc5ccccc5c4)=COC3C2)cc1. The van der Waals surface area contributed by atoms with Crippen molar-refractivity contribution in [3.8, 4) is 11.5 Å². The lowest BCUT2D eigenvalue weighted by Gasteiger charge is -2.36. The second-order valence-corrected chi connectivity index (χ2v) is 8.31. The number of ether oxygens (including phenoxy) is 4. The number of carbonyl (C=O) groups is 2. The lowest BCUT2D eigenvalue weighted by molar-refractivity contribution is -0.132. The molecule has 0 aromatic heterocycles. The minimum Gasteiger partial charge on any atom is -0.497 e. The van der Waals surface area contributed by atoms with E-state index in [0.29, 0.717) is 36.3 Å². The summed E-state index contributed by atoms with van der Waals surface area (Å²) in [4.78, 5) is 25.5. The van der Waals surface area contributed by atoms with Crippen LogP contribution in [0.15, 0.2) is 78.8 Å². The minimum absolute atomic E-state index is 0.0701. The van der Waals surface area contributed by atoms with Gasteiger partial charge in [-0.15, -0.1) is 0 Å². The molecule has 33 heavy (non-hydrogen) atoms. The lowest BCUT2D eigenvalue weighted by Crippen LogP contribution is -2.43. The molecule has 3 aromatic carbocycles. The van der Waals surface area contributed by atoms with Crippen LogP contribution in [0.2, 0.25) is 0 Å². The number of methoxy groups -OCH3 is 1. The van der Waals surface area contributed by atoms with E-state index in [1.165, 1.54) is 6.26 Å². The van der Waals surface area contributed by atoms with Crippen LogP contribution in [-0.4, -0.2) is 31.1 Å². The Hall–Kier alpha value is -3.80. The molecule has 0 saturated heterocycles. The molecule has 0 bridgehead atoms. The lowest BCUT2D eigenvalue weighted by atomic mass is 9.80. The number of Topliss-reactive ketones (excluding diaryl/α,β-unsaturated/α-hetero) is 1. The largest absolute Gasteiger partial charge is 0.497 e. The summed E-state index contributed by atoms with van der Waals surface area (Å²) in [6.07, 6.45) is 2.41. The Kier molecular flexibility index (Phi) is 5.73. The molecule has 1 heterocycles. The molecule has 168 valence electrons. The predicted octanol–water partition coefficient (Wildman–Crippen LogP) is 5.06. The van der Waals surface area contributed by atoms with Gasteiger partial charge in [0.25, 0.3) is 0 Å².